The molecule has 0 spiro atoms. The van der Waals surface area contributed by atoms with Crippen molar-refractivity contribution in [3.05, 3.63) is 43.6 Å². The molecule has 0 aliphatic heterocycles. The summed E-state index contributed by atoms with van der Waals surface area (Å²) in [6, 6.07) is 3.96. The van der Waals surface area contributed by atoms with Gasteiger partial charge in [-0.05, 0) is 44.6 Å². The van der Waals surface area contributed by atoms with Crippen LogP contribution in [0.5, 0.6) is 0 Å². The molecule has 0 aliphatic carbocycles. The molecule has 2 aromatic rings. The van der Waals surface area contributed by atoms with Crippen molar-refractivity contribution in [3.63, 3.8) is 0 Å². The molecule has 0 bridgehead atoms. The van der Waals surface area contributed by atoms with Crippen LogP contribution in [-0.4, -0.2) is 12.0 Å². The number of alkyl halides is 1. The Balaban J connectivity index is 2.15. The summed E-state index contributed by atoms with van der Waals surface area (Å²) in [6.07, 6.45) is 1.76. The van der Waals surface area contributed by atoms with Crippen molar-refractivity contribution in [2.24, 2.45) is 0 Å². The second-order valence-electron chi connectivity index (χ2n) is 3.90. The Hall–Kier alpha value is -0.290. The van der Waals surface area contributed by atoms with Crippen LogP contribution in [0, 0.1) is 0 Å². The van der Waals surface area contributed by atoms with Gasteiger partial charge in [0.05, 0.1) is 8.81 Å². The molecule has 0 radical (unpaired) electrons. The van der Waals surface area contributed by atoms with Gasteiger partial charge in [0.1, 0.15) is 5.82 Å². The minimum Gasteiger partial charge on any atom is -0.354 e. The van der Waals surface area contributed by atoms with Gasteiger partial charge in [-0.3, -0.25) is 0 Å². The summed E-state index contributed by atoms with van der Waals surface area (Å²) in [5.41, 5.74) is 2.16. The van der Waals surface area contributed by atoms with E-state index in [0.717, 1.165) is 21.7 Å². The molecular formula is C12H11BrCl2N2S. The molecule has 0 amide bonds. The highest BCUT2D eigenvalue weighted by atomic mass is 79.9. The molecule has 0 aliphatic rings. The number of anilines is 1. The molecule has 0 unspecified atom stereocenters. The second-order valence-corrected chi connectivity index (χ2v) is 6.86. The number of rotatable bonds is 4. The van der Waals surface area contributed by atoms with Crippen molar-refractivity contribution >= 4 is 56.3 Å². The highest BCUT2D eigenvalue weighted by Crippen LogP contribution is 2.27. The zero-order valence-corrected chi connectivity index (χ0v) is 13.6. The molecule has 18 heavy (non-hydrogen) atoms. The first kappa shape index (κ1) is 14.1. The van der Waals surface area contributed by atoms with Gasteiger partial charge in [-0.15, -0.1) is 22.9 Å². The van der Waals surface area contributed by atoms with E-state index < -0.39 is 0 Å². The third kappa shape index (κ3) is 3.38. The van der Waals surface area contributed by atoms with Crippen LogP contribution in [0.25, 0.3) is 0 Å². The van der Waals surface area contributed by atoms with Crippen molar-refractivity contribution in [1.29, 1.82) is 0 Å². The molecule has 6 heteroatoms. The Labute approximate surface area is 129 Å². The average Bonchev–Trinajstić information content (AvgIpc) is 2.74. The van der Waals surface area contributed by atoms with Gasteiger partial charge in [-0.25, -0.2) is 4.98 Å². The third-order valence-corrected chi connectivity index (χ3v) is 4.58. The van der Waals surface area contributed by atoms with Crippen molar-refractivity contribution in [3.8, 4) is 0 Å². The standard InChI is InChI=1S/C12H11BrCl2N2S/c1-17(6-9-3-11(13)18-7-9)12-10(15)2-8(4-14)5-16-12/h2-3,5,7H,4,6H2,1H3. The van der Waals surface area contributed by atoms with Gasteiger partial charge >= 0.3 is 0 Å². The number of thiophene rings is 1. The zero-order valence-electron chi connectivity index (χ0n) is 9.66. The smallest absolute Gasteiger partial charge is 0.147 e. The Kier molecular flexibility index (Phi) is 4.90. The highest BCUT2D eigenvalue weighted by molar-refractivity contribution is 9.11. The summed E-state index contributed by atoms with van der Waals surface area (Å²) in [4.78, 5) is 6.38. The fourth-order valence-corrected chi connectivity index (χ4v) is 3.28. The van der Waals surface area contributed by atoms with Gasteiger partial charge in [0.2, 0.25) is 0 Å². The summed E-state index contributed by atoms with van der Waals surface area (Å²) in [6.45, 7) is 0.773. The lowest BCUT2D eigenvalue weighted by Crippen LogP contribution is -2.17. The van der Waals surface area contributed by atoms with Crippen LogP contribution in [0.3, 0.4) is 0 Å². The van der Waals surface area contributed by atoms with Crippen LogP contribution >= 0.6 is 50.5 Å². The van der Waals surface area contributed by atoms with Crippen LogP contribution in [0.15, 0.2) is 27.5 Å². The largest absolute Gasteiger partial charge is 0.354 e. The maximum atomic E-state index is 6.20. The maximum Gasteiger partial charge on any atom is 0.147 e. The van der Waals surface area contributed by atoms with Crippen LogP contribution < -0.4 is 4.90 Å². The van der Waals surface area contributed by atoms with Crippen molar-refractivity contribution < 1.29 is 0 Å². The maximum absolute atomic E-state index is 6.20. The first-order chi connectivity index (χ1) is 8.60. The zero-order chi connectivity index (χ0) is 13.1. The first-order valence-electron chi connectivity index (χ1n) is 5.24. The van der Waals surface area contributed by atoms with E-state index in [1.54, 1.807) is 17.5 Å². The monoisotopic (exact) mass is 364 g/mol. The van der Waals surface area contributed by atoms with Gasteiger partial charge in [0, 0.05) is 25.7 Å². The molecule has 0 aromatic carbocycles. The first-order valence-corrected chi connectivity index (χ1v) is 7.83. The molecule has 0 saturated heterocycles. The molecule has 2 nitrogen and oxygen atoms in total. The summed E-state index contributed by atoms with van der Waals surface area (Å²) >= 11 is 17.1. The van der Waals surface area contributed by atoms with E-state index in [2.05, 4.69) is 32.4 Å². The fourth-order valence-electron chi connectivity index (χ4n) is 1.60. The topological polar surface area (TPSA) is 16.1 Å². The number of hydrogen-bond donors (Lipinski definition) is 0. The van der Waals surface area contributed by atoms with Crippen LogP contribution in [0.1, 0.15) is 11.1 Å². The number of hydrogen-bond acceptors (Lipinski definition) is 3. The van der Waals surface area contributed by atoms with Gasteiger partial charge in [0.25, 0.3) is 0 Å². The van der Waals surface area contributed by atoms with Crippen molar-refractivity contribution in [1.82, 2.24) is 4.98 Å². The van der Waals surface area contributed by atoms with E-state index in [0.29, 0.717) is 10.9 Å². The Morgan fingerprint density at radius 2 is 2.17 bits per heavy atom. The van der Waals surface area contributed by atoms with E-state index in [1.165, 1.54) is 5.56 Å². The van der Waals surface area contributed by atoms with E-state index in [-0.39, 0.29) is 0 Å². The van der Waals surface area contributed by atoms with Crippen LogP contribution in [0.2, 0.25) is 5.02 Å². The van der Waals surface area contributed by atoms with E-state index in [4.69, 9.17) is 23.2 Å². The summed E-state index contributed by atoms with van der Waals surface area (Å²) in [7, 11) is 1.97. The molecule has 96 valence electrons. The molecule has 2 heterocycles. The molecule has 0 N–H and O–H groups in total. The van der Waals surface area contributed by atoms with Crippen molar-refractivity contribution in [2.45, 2.75) is 12.4 Å². The normalized spacial score (nSPS) is 10.7. The molecule has 0 saturated carbocycles. The van der Waals surface area contributed by atoms with Crippen LogP contribution in [0.4, 0.5) is 5.82 Å². The number of nitrogens with zero attached hydrogens (tertiary/aromatic N) is 2. The SMILES string of the molecule is CN(Cc1csc(Br)c1)c1ncc(CCl)cc1Cl. The molecule has 2 aromatic heterocycles. The van der Waals surface area contributed by atoms with E-state index >= 15 is 0 Å². The van der Waals surface area contributed by atoms with Crippen LogP contribution in [-0.2, 0) is 12.4 Å². The van der Waals surface area contributed by atoms with Gasteiger partial charge < -0.3 is 4.90 Å². The van der Waals surface area contributed by atoms with E-state index in [1.807, 2.05) is 18.0 Å². The lowest BCUT2D eigenvalue weighted by Gasteiger charge is -2.19. The van der Waals surface area contributed by atoms with E-state index in [9.17, 15) is 0 Å². The van der Waals surface area contributed by atoms with Gasteiger partial charge in [0.15, 0.2) is 0 Å². The molecule has 2 rings (SSSR count). The lowest BCUT2D eigenvalue weighted by atomic mass is 10.3. The Bertz CT molecular complexity index is 545. The number of aromatic nitrogens is 1. The van der Waals surface area contributed by atoms with Crippen molar-refractivity contribution in [2.75, 3.05) is 11.9 Å². The molecular weight excluding hydrogens is 355 g/mol. The average molecular weight is 366 g/mol. The molecule has 0 atom stereocenters. The second kappa shape index (κ2) is 6.24. The Morgan fingerprint density at radius 1 is 1.39 bits per heavy atom. The minimum absolute atomic E-state index is 0.425. The summed E-state index contributed by atoms with van der Waals surface area (Å²) in [5, 5.41) is 2.74. The van der Waals surface area contributed by atoms with Gasteiger partial charge in [-0.1, -0.05) is 11.6 Å². The minimum atomic E-state index is 0.425. The quantitative estimate of drug-likeness (QED) is 0.713. The predicted molar refractivity (Wildman–Crippen MR) is 82.9 cm³/mol. The molecule has 0 fully saturated rings. The fraction of sp³-hybridized carbons (Fsp3) is 0.250. The summed E-state index contributed by atoms with van der Waals surface area (Å²) < 4.78 is 1.13. The van der Waals surface area contributed by atoms with Gasteiger partial charge in [-0.2, -0.15) is 0 Å². The number of pyridine rings is 1. The summed E-state index contributed by atoms with van der Waals surface area (Å²) in [5.74, 6) is 1.20. The highest BCUT2D eigenvalue weighted by Gasteiger charge is 2.10. The third-order valence-electron chi connectivity index (χ3n) is 2.44. The Morgan fingerprint density at radius 3 is 2.72 bits per heavy atom. The lowest BCUT2D eigenvalue weighted by molar-refractivity contribution is 0.900. The number of halogens is 3. The predicted octanol–water partition coefficient (Wildman–Crippen LogP) is 4.93.